The van der Waals surface area contributed by atoms with E-state index < -0.39 is 0 Å². The number of allylic oxidation sites excluding steroid dienone is 1. The molecule has 2 atom stereocenters. The van der Waals surface area contributed by atoms with Crippen LogP contribution in [0.1, 0.15) is 48.4 Å². The number of anilines is 2. The Balaban J connectivity index is 1.55. The number of hydrogen-bond donors (Lipinski definition) is 2. The molecule has 0 aromatic heterocycles. The van der Waals surface area contributed by atoms with E-state index in [2.05, 4.69) is 60.0 Å². The lowest BCUT2D eigenvalue weighted by molar-refractivity contribution is -0.116. The third kappa shape index (κ3) is 4.14. The number of carbonyl (C=O) groups excluding carboxylic acids is 1. The molecule has 0 saturated carbocycles. The quantitative estimate of drug-likeness (QED) is 0.468. The Morgan fingerprint density at radius 2 is 1.65 bits per heavy atom. The SMILES string of the molecule is CCOc1ccc(C2CC(=O)C3=C(C2)Nc2ccccc2NC3c2ccc(C)cc2)cc1OC. The van der Waals surface area contributed by atoms with Crippen LogP contribution in [0, 0.1) is 6.92 Å². The predicted octanol–water partition coefficient (Wildman–Crippen LogP) is 6.38. The fourth-order valence-electron chi connectivity index (χ4n) is 4.95. The summed E-state index contributed by atoms with van der Waals surface area (Å²) in [7, 11) is 1.65. The highest BCUT2D eigenvalue weighted by atomic mass is 16.5. The van der Waals surface area contributed by atoms with E-state index in [1.54, 1.807) is 7.11 Å². The second-order valence-electron chi connectivity index (χ2n) is 8.92. The van der Waals surface area contributed by atoms with Crippen molar-refractivity contribution in [2.45, 2.75) is 38.6 Å². The Labute approximate surface area is 200 Å². The molecule has 0 bridgehead atoms. The van der Waals surface area contributed by atoms with E-state index in [0.717, 1.165) is 45.9 Å². The maximum atomic E-state index is 13.7. The highest BCUT2D eigenvalue weighted by molar-refractivity contribution is 6.01. The number of hydrogen-bond acceptors (Lipinski definition) is 5. The molecular weight excluding hydrogens is 424 g/mol. The normalized spacial score (nSPS) is 19.3. The second kappa shape index (κ2) is 9.26. The zero-order valence-corrected chi connectivity index (χ0v) is 19.9. The van der Waals surface area contributed by atoms with Gasteiger partial charge in [-0.05, 0) is 61.6 Å². The Morgan fingerprint density at radius 3 is 2.38 bits per heavy atom. The minimum Gasteiger partial charge on any atom is -0.493 e. The molecule has 0 spiro atoms. The fraction of sp³-hybridized carbons (Fsp3) is 0.276. The molecule has 0 amide bonds. The highest BCUT2D eigenvalue weighted by Crippen LogP contribution is 2.45. The summed E-state index contributed by atoms with van der Waals surface area (Å²) in [6.45, 7) is 4.60. The molecule has 2 N–H and O–H groups in total. The maximum Gasteiger partial charge on any atom is 0.163 e. The van der Waals surface area contributed by atoms with Gasteiger partial charge in [0, 0.05) is 17.7 Å². The number of Topliss-reactive ketones (excluding diaryl/α,β-unsaturated/α-hetero) is 1. The monoisotopic (exact) mass is 454 g/mol. The summed E-state index contributed by atoms with van der Waals surface area (Å²) in [5.41, 5.74) is 7.17. The number of aryl methyl sites for hydroxylation is 1. The molecule has 0 radical (unpaired) electrons. The number of rotatable bonds is 5. The van der Waals surface area contributed by atoms with Gasteiger partial charge in [0.05, 0.1) is 31.1 Å². The molecule has 1 aliphatic carbocycles. The van der Waals surface area contributed by atoms with Crippen LogP contribution < -0.4 is 20.1 Å². The van der Waals surface area contributed by atoms with Gasteiger partial charge in [0.2, 0.25) is 0 Å². The molecule has 5 rings (SSSR count). The van der Waals surface area contributed by atoms with E-state index in [9.17, 15) is 4.79 Å². The van der Waals surface area contributed by atoms with Crippen LogP contribution in [0.25, 0.3) is 0 Å². The molecule has 5 heteroatoms. The van der Waals surface area contributed by atoms with Crippen molar-refractivity contribution in [2.24, 2.45) is 0 Å². The Bertz CT molecular complexity index is 1250. The first-order chi connectivity index (χ1) is 16.6. The Morgan fingerprint density at radius 1 is 0.912 bits per heavy atom. The van der Waals surface area contributed by atoms with Crippen molar-refractivity contribution < 1.29 is 14.3 Å². The van der Waals surface area contributed by atoms with Crippen molar-refractivity contribution in [3.8, 4) is 11.5 Å². The summed E-state index contributed by atoms with van der Waals surface area (Å²) in [5.74, 6) is 1.65. The zero-order chi connectivity index (χ0) is 23.7. The number of ether oxygens (including phenoxy) is 2. The van der Waals surface area contributed by atoms with E-state index in [1.165, 1.54) is 5.56 Å². The standard InChI is InChI=1S/C29H30N2O3/c1-4-34-26-14-13-20(17-27(26)33-3)21-15-24-28(25(32)16-21)29(19-11-9-18(2)10-12-19)31-23-8-6-5-7-22(23)30-24/h5-14,17,21,29-31H,4,15-16H2,1-3H3. The summed E-state index contributed by atoms with van der Waals surface area (Å²) in [5, 5.41) is 7.24. The first-order valence-electron chi connectivity index (χ1n) is 11.8. The molecule has 5 nitrogen and oxygen atoms in total. The smallest absolute Gasteiger partial charge is 0.163 e. The van der Waals surface area contributed by atoms with Gasteiger partial charge >= 0.3 is 0 Å². The number of para-hydroxylation sites is 2. The van der Waals surface area contributed by atoms with E-state index in [1.807, 2.05) is 31.2 Å². The lowest BCUT2D eigenvalue weighted by Gasteiger charge is -2.30. The molecule has 34 heavy (non-hydrogen) atoms. The third-order valence-corrected chi connectivity index (χ3v) is 6.68. The Hall–Kier alpha value is -3.73. The van der Waals surface area contributed by atoms with Crippen molar-refractivity contribution >= 4 is 17.2 Å². The maximum absolute atomic E-state index is 13.7. The highest BCUT2D eigenvalue weighted by Gasteiger charge is 2.36. The van der Waals surface area contributed by atoms with Gasteiger partial charge < -0.3 is 20.1 Å². The largest absolute Gasteiger partial charge is 0.493 e. The van der Waals surface area contributed by atoms with Gasteiger partial charge in [-0.25, -0.2) is 0 Å². The lowest BCUT2D eigenvalue weighted by Crippen LogP contribution is -2.26. The first-order valence-corrected chi connectivity index (χ1v) is 11.8. The van der Waals surface area contributed by atoms with Crippen molar-refractivity contribution in [1.29, 1.82) is 0 Å². The van der Waals surface area contributed by atoms with Crippen LogP contribution in [0.5, 0.6) is 11.5 Å². The van der Waals surface area contributed by atoms with Crippen LogP contribution in [0.4, 0.5) is 11.4 Å². The van der Waals surface area contributed by atoms with Crippen LogP contribution in [-0.4, -0.2) is 19.5 Å². The van der Waals surface area contributed by atoms with Gasteiger partial charge in [-0.1, -0.05) is 48.0 Å². The minimum atomic E-state index is -0.199. The summed E-state index contributed by atoms with van der Waals surface area (Å²) in [6.07, 6.45) is 1.20. The number of methoxy groups -OCH3 is 1. The van der Waals surface area contributed by atoms with Crippen molar-refractivity contribution in [3.05, 3.63) is 94.7 Å². The summed E-state index contributed by atoms with van der Waals surface area (Å²) in [6, 6.07) is 22.4. The molecular formula is C29H30N2O3. The molecule has 3 aromatic rings. The van der Waals surface area contributed by atoms with Crippen LogP contribution in [0.3, 0.4) is 0 Å². The number of carbonyl (C=O) groups is 1. The molecule has 2 unspecified atom stereocenters. The predicted molar refractivity (Wildman–Crippen MR) is 136 cm³/mol. The van der Waals surface area contributed by atoms with Gasteiger partial charge in [-0.15, -0.1) is 0 Å². The van der Waals surface area contributed by atoms with Gasteiger partial charge in [0.1, 0.15) is 0 Å². The first kappa shape index (κ1) is 22.1. The van der Waals surface area contributed by atoms with Crippen LogP contribution in [-0.2, 0) is 4.79 Å². The average Bonchev–Trinajstić information content (AvgIpc) is 3.02. The van der Waals surface area contributed by atoms with Gasteiger partial charge in [-0.2, -0.15) is 0 Å². The van der Waals surface area contributed by atoms with Crippen molar-refractivity contribution in [3.63, 3.8) is 0 Å². The molecule has 1 aliphatic heterocycles. The molecule has 1 heterocycles. The number of nitrogens with one attached hydrogen (secondary N) is 2. The number of ketones is 1. The minimum absolute atomic E-state index is 0.0623. The number of fused-ring (bicyclic) bond motifs is 1. The van der Waals surface area contributed by atoms with Crippen LogP contribution >= 0.6 is 0 Å². The van der Waals surface area contributed by atoms with E-state index in [0.29, 0.717) is 18.8 Å². The summed E-state index contributed by atoms with van der Waals surface area (Å²) < 4.78 is 11.2. The summed E-state index contributed by atoms with van der Waals surface area (Å²) in [4.78, 5) is 13.7. The second-order valence-corrected chi connectivity index (χ2v) is 8.92. The Kier molecular flexibility index (Phi) is 6.01. The van der Waals surface area contributed by atoms with Crippen LogP contribution in [0.15, 0.2) is 78.0 Å². The molecule has 3 aromatic carbocycles. The van der Waals surface area contributed by atoms with Gasteiger partial charge in [-0.3, -0.25) is 4.79 Å². The van der Waals surface area contributed by atoms with E-state index in [4.69, 9.17) is 9.47 Å². The topological polar surface area (TPSA) is 59.6 Å². The van der Waals surface area contributed by atoms with Crippen molar-refractivity contribution in [1.82, 2.24) is 0 Å². The zero-order valence-electron chi connectivity index (χ0n) is 19.9. The third-order valence-electron chi connectivity index (χ3n) is 6.68. The number of benzene rings is 3. The van der Waals surface area contributed by atoms with Gasteiger partial charge in [0.15, 0.2) is 17.3 Å². The van der Waals surface area contributed by atoms with Gasteiger partial charge in [0.25, 0.3) is 0 Å². The molecule has 174 valence electrons. The molecule has 0 fully saturated rings. The fourth-order valence-corrected chi connectivity index (χ4v) is 4.95. The molecule has 0 saturated heterocycles. The van der Waals surface area contributed by atoms with Crippen LogP contribution in [0.2, 0.25) is 0 Å². The summed E-state index contributed by atoms with van der Waals surface area (Å²) >= 11 is 0. The van der Waals surface area contributed by atoms with E-state index in [-0.39, 0.29) is 17.7 Å². The lowest BCUT2D eigenvalue weighted by atomic mass is 9.78. The average molecular weight is 455 g/mol. The van der Waals surface area contributed by atoms with E-state index >= 15 is 0 Å². The van der Waals surface area contributed by atoms with Crippen molar-refractivity contribution in [2.75, 3.05) is 24.4 Å². The molecule has 2 aliphatic rings.